The molecule has 0 aliphatic carbocycles. The van der Waals surface area contributed by atoms with Crippen LogP contribution in [0.25, 0.3) is 0 Å². The topological polar surface area (TPSA) is 69.6 Å². The second kappa shape index (κ2) is 6.89. The minimum Gasteiger partial charge on any atom is -0.391 e. The molecule has 1 aliphatic rings. The Morgan fingerprint density at radius 1 is 1.37 bits per heavy atom. The number of rotatable bonds is 4. The van der Waals surface area contributed by atoms with Crippen molar-refractivity contribution in [1.29, 1.82) is 0 Å². The van der Waals surface area contributed by atoms with Crippen molar-refractivity contribution in [3.05, 3.63) is 0 Å². The minimum absolute atomic E-state index is 0.00773. The Bertz CT molecular complexity index is 323. The zero-order chi connectivity index (χ0) is 14.5. The molecule has 0 aromatic heterocycles. The van der Waals surface area contributed by atoms with Crippen molar-refractivity contribution < 1.29 is 14.7 Å². The number of likely N-dealkylation sites (tertiary alicyclic amines) is 1. The van der Waals surface area contributed by atoms with Crippen LogP contribution in [0.3, 0.4) is 0 Å². The molecule has 2 amide bonds. The van der Waals surface area contributed by atoms with E-state index in [1.54, 1.807) is 4.90 Å². The Labute approximate surface area is 115 Å². The average molecular weight is 270 g/mol. The van der Waals surface area contributed by atoms with Gasteiger partial charge in [-0.1, -0.05) is 20.8 Å². The standard InChI is InChI=1S/C14H26N2O3/c1-14(2,3)13(19)15-8-4-7-12(18)16-9-5-6-11(17)10-16/h11,17H,4-10H2,1-3H3,(H,15,19). The monoisotopic (exact) mass is 270 g/mol. The van der Waals surface area contributed by atoms with Gasteiger partial charge in [-0.15, -0.1) is 0 Å². The summed E-state index contributed by atoms with van der Waals surface area (Å²) in [7, 11) is 0. The summed E-state index contributed by atoms with van der Waals surface area (Å²) in [5.41, 5.74) is -0.388. The van der Waals surface area contributed by atoms with Crippen LogP contribution in [0.5, 0.6) is 0 Å². The first-order valence-corrected chi connectivity index (χ1v) is 7.05. The third-order valence-corrected chi connectivity index (χ3v) is 3.28. The van der Waals surface area contributed by atoms with Crippen molar-refractivity contribution in [2.75, 3.05) is 19.6 Å². The summed E-state index contributed by atoms with van der Waals surface area (Å²) in [5, 5.41) is 12.3. The highest BCUT2D eigenvalue weighted by molar-refractivity contribution is 5.81. The summed E-state index contributed by atoms with van der Waals surface area (Å²) in [6.07, 6.45) is 2.35. The first-order valence-electron chi connectivity index (χ1n) is 7.05. The van der Waals surface area contributed by atoms with Crippen LogP contribution in [0.15, 0.2) is 0 Å². The number of aliphatic hydroxyl groups excluding tert-OH is 1. The van der Waals surface area contributed by atoms with E-state index in [-0.39, 0.29) is 23.3 Å². The molecule has 1 rings (SSSR count). The molecule has 0 aromatic carbocycles. The molecule has 1 heterocycles. The van der Waals surface area contributed by atoms with E-state index in [1.807, 2.05) is 20.8 Å². The number of nitrogens with zero attached hydrogens (tertiary/aromatic N) is 1. The Morgan fingerprint density at radius 3 is 2.63 bits per heavy atom. The summed E-state index contributed by atoms with van der Waals surface area (Å²) in [6, 6.07) is 0. The van der Waals surface area contributed by atoms with Crippen LogP contribution in [-0.4, -0.2) is 47.6 Å². The fraction of sp³-hybridized carbons (Fsp3) is 0.857. The van der Waals surface area contributed by atoms with Crippen molar-refractivity contribution in [2.24, 2.45) is 5.41 Å². The molecule has 1 aliphatic heterocycles. The molecular formula is C14H26N2O3. The second-order valence-corrected chi connectivity index (χ2v) is 6.25. The molecular weight excluding hydrogens is 244 g/mol. The van der Waals surface area contributed by atoms with Crippen molar-refractivity contribution in [2.45, 2.75) is 52.6 Å². The zero-order valence-electron chi connectivity index (χ0n) is 12.2. The number of amides is 2. The highest BCUT2D eigenvalue weighted by atomic mass is 16.3. The van der Waals surface area contributed by atoms with E-state index >= 15 is 0 Å². The van der Waals surface area contributed by atoms with Crippen molar-refractivity contribution >= 4 is 11.8 Å². The molecule has 0 saturated carbocycles. The molecule has 19 heavy (non-hydrogen) atoms. The number of carbonyl (C=O) groups excluding carboxylic acids is 2. The van der Waals surface area contributed by atoms with Gasteiger partial charge in [0.2, 0.25) is 11.8 Å². The maximum atomic E-state index is 11.9. The van der Waals surface area contributed by atoms with E-state index in [0.29, 0.717) is 25.9 Å². The van der Waals surface area contributed by atoms with Gasteiger partial charge in [0.1, 0.15) is 0 Å². The Balaban J connectivity index is 2.19. The molecule has 0 aromatic rings. The van der Waals surface area contributed by atoms with Crippen LogP contribution >= 0.6 is 0 Å². The quantitative estimate of drug-likeness (QED) is 0.746. The van der Waals surface area contributed by atoms with Crippen LogP contribution in [0.4, 0.5) is 0 Å². The van der Waals surface area contributed by atoms with Gasteiger partial charge in [0.05, 0.1) is 6.10 Å². The Kier molecular flexibility index (Phi) is 5.79. The van der Waals surface area contributed by atoms with Gasteiger partial charge >= 0.3 is 0 Å². The fourth-order valence-electron chi connectivity index (χ4n) is 2.05. The molecule has 110 valence electrons. The van der Waals surface area contributed by atoms with Crippen LogP contribution in [0.1, 0.15) is 46.5 Å². The van der Waals surface area contributed by atoms with E-state index in [0.717, 1.165) is 19.4 Å². The molecule has 1 fully saturated rings. The molecule has 1 unspecified atom stereocenters. The van der Waals surface area contributed by atoms with Gasteiger partial charge < -0.3 is 15.3 Å². The molecule has 5 heteroatoms. The third kappa shape index (κ3) is 5.59. The molecule has 1 atom stereocenters. The number of hydrogen-bond acceptors (Lipinski definition) is 3. The predicted octanol–water partition coefficient (Wildman–Crippen LogP) is 0.912. The number of β-amino-alcohol motifs (C(OH)–C–C–N with tert-alkyl or cyclic N) is 1. The molecule has 2 N–H and O–H groups in total. The highest BCUT2D eigenvalue weighted by Gasteiger charge is 2.22. The highest BCUT2D eigenvalue weighted by Crippen LogP contribution is 2.13. The third-order valence-electron chi connectivity index (χ3n) is 3.28. The first kappa shape index (κ1) is 16.0. The lowest BCUT2D eigenvalue weighted by Crippen LogP contribution is -2.42. The minimum atomic E-state index is -0.388. The second-order valence-electron chi connectivity index (χ2n) is 6.25. The normalized spacial score (nSPS) is 20.2. The number of piperidine rings is 1. The zero-order valence-corrected chi connectivity index (χ0v) is 12.2. The van der Waals surface area contributed by atoms with Gasteiger partial charge in [0.25, 0.3) is 0 Å². The van der Waals surface area contributed by atoms with Crippen molar-refractivity contribution in [3.63, 3.8) is 0 Å². The molecule has 1 saturated heterocycles. The first-order chi connectivity index (χ1) is 8.80. The van der Waals surface area contributed by atoms with E-state index in [4.69, 9.17) is 0 Å². The summed E-state index contributed by atoms with van der Waals surface area (Å²) in [6.45, 7) is 7.31. The van der Waals surface area contributed by atoms with E-state index in [1.165, 1.54) is 0 Å². The molecule has 0 radical (unpaired) electrons. The summed E-state index contributed by atoms with van der Waals surface area (Å²) < 4.78 is 0. The van der Waals surface area contributed by atoms with Gasteiger partial charge in [0, 0.05) is 31.5 Å². The lowest BCUT2D eigenvalue weighted by molar-refractivity contribution is -0.134. The maximum Gasteiger partial charge on any atom is 0.225 e. The van der Waals surface area contributed by atoms with E-state index in [9.17, 15) is 14.7 Å². The van der Waals surface area contributed by atoms with E-state index < -0.39 is 0 Å². The van der Waals surface area contributed by atoms with Crippen LogP contribution in [0.2, 0.25) is 0 Å². The number of hydrogen-bond donors (Lipinski definition) is 2. The number of nitrogens with one attached hydrogen (secondary N) is 1. The number of aliphatic hydroxyl groups is 1. The van der Waals surface area contributed by atoms with E-state index in [2.05, 4.69) is 5.32 Å². The SMILES string of the molecule is CC(C)(C)C(=O)NCCCC(=O)N1CCCC(O)C1. The Morgan fingerprint density at radius 2 is 2.05 bits per heavy atom. The fourth-order valence-corrected chi connectivity index (χ4v) is 2.05. The average Bonchev–Trinajstić information content (AvgIpc) is 2.32. The van der Waals surface area contributed by atoms with Gasteiger partial charge in [0.15, 0.2) is 0 Å². The summed E-state index contributed by atoms with van der Waals surface area (Å²) >= 11 is 0. The smallest absolute Gasteiger partial charge is 0.225 e. The van der Waals surface area contributed by atoms with Gasteiger partial charge in [-0.25, -0.2) is 0 Å². The molecule has 0 bridgehead atoms. The number of carbonyl (C=O) groups is 2. The largest absolute Gasteiger partial charge is 0.391 e. The Hall–Kier alpha value is -1.10. The van der Waals surface area contributed by atoms with Crippen LogP contribution in [0, 0.1) is 5.41 Å². The summed E-state index contributed by atoms with van der Waals surface area (Å²) in [5.74, 6) is 0.0806. The lowest BCUT2D eigenvalue weighted by atomic mass is 9.96. The maximum absolute atomic E-state index is 11.9. The van der Waals surface area contributed by atoms with Gasteiger partial charge in [-0.05, 0) is 19.3 Å². The van der Waals surface area contributed by atoms with Crippen LogP contribution in [-0.2, 0) is 9.59 Å². The van der Waals surface area contributed by atoms with Gasteiger partial charge in [-0.2, -0.15) is 0 Å². The van der Waals surface area contributed by atoms with Crippen molar-refractivity contribution in [1.82, 2.24) is 10.2 Å². The lowest BCUT2D eigenvalue weighted by Gasteiger charge is -2.30. The van der Waals surface area contributed by atoms with Crippen molar-refractivity contribution in [3.8, 4) is 0 Å². The molecule has 5 nitrogen and oxygen atoms in total. The predicted molar refractivity (Wildman–Crippen MR) is 73.5 cm³/mol. The summed E-state index contributed by atoms with van der Waals surface area (Å²) in [4.78, 5) is 25.2. The van der Waals surface area contributed by atoms with Crippen LogP contribution < -0.4 is 5.32 Å². The molecule has 0 spiro atoms. The van der Waals surface area contributed by atoms with Gasteiger partial charge in [-0.3, -0.25) is 9.59 Å².